The SMILES string of the molecule is Cc1cccc(S(=O)(=O)N2CCc3c(c4ccccc4n3C)C2)c1. The van der Waals surface area contributed by atoms with Crippen LogP contribution in [0.4, 0.5) is 0 Å². The molecule has 1 aliphatic heterocycles. The van der Waals surface area contributed by atoms with E-state index in [0.29, 0.717) is 18.0 Å². The smallest absolute Gasteiger partial charge is 0.243 e. The molecule has 0 amide bonds. The fraction of sp³-hybridized carbons (Fsp3) is 0.263. The van der Waals surface area contributed by atoms with Crippen LogP contribution in [0.2, 0.25) is 0 Å². The molecule has 24 heavy (non-hydrogen) atoms. The largest absolute Gasteiger partial charge is 0.347 e. The molecule has 0 unspecified atom stereocenters. The Morgan fingerprint density at radius 2 is 1.83 bits per heavy atom. The summed E-state index contributed by atoms with van der Waals surface area (Å²) in [5, 5.41) is 1.15. The summed E-state index contributed by atoms with van der Waals surface area (Å²) in [5.74, 6) is 0. The Balaban J connectivity index is 1.78. The quantitative estimate of drug-likeness (QED) is 0.719. The Hall–Kier alpha value is -2.11. The molecular weight excluding hydrogens is 320 g/mol. The second-order valence-electron chi connectivity index (χ2n) is 6.41. The summed E-state index contributed by atoms with van der Waals surface area (Å²) in [6, 6.07) is 15.3. The van der Waals surface area contributed by atoms with Gasteiger partial charge < -0.3 is 4.57 Å². The van der Waals surface area contributed by atoms with Gasteiger partial charge in [-0.1, -0.05) is 30.3 Å². The topological polar surface area (TPSA) is 42.3 Å². The van der Waals surface area contributed by atoms with E-state index < -0.39 is 10.0 Å². The number of nitrogens with zero attached hydrogens (tertiary/aromatic N) is 2. The number of hydrogen-bond acceptors (Lipinski definition) is 2. The minimum atomic E-state index is -3.46. The molecule has 0 atom stereocenters. The monoisotopic (exact) mass is 340 g/mol. The average molecular weight is 340 g/mol. The Morgan fingerprint density at radius 3 is 2.62 bits per heavy atom. The molecule has 0 radical (unpaired) electrons. The van der Waals surface area contributed by atoms with Gasteiger partial charge in [-0.25, -0.2) is 8.42 Å². The van der Waals surface area contributed by atoms with Gasteiger partial charge in [0.05, 0.1) is 4.90 Å². The van der Waals surface area contributed by atoms with Crippen molar-refractivity contribution < 1.29 is 8.42 Å². The highest BCUT2D eigenvalue weighted by Gasteiger charge is 2.31. The summed E-state index contributed by atoms with van der Waals surface area (Å²) < 4.78 is 29.8. The normalized spacial score (nSPS) is 15.6. The maximum atomic E-state index is 13.0. The van der Waals surface area contributed by atoms with Crippen LogP contribution in [-0.2, 0) is 30.0 Å². The van der Waals surface area contributed by atoms with Crippen molar-refractivity contribution in [1.82, 2.24) is 8.87 Å². The van der Waals surface area contributed by atoms with Gasteiger partial charge in [0.25, 0.3) is 0 Å². The van der Waals surface area contributed by atoms with E-state index in [-0.39, 0.29) is 0 Å². The lowest BCUT2D eigenvalue weighted by atomic mass is 10.1. The van der Waals surface area contributed by atoms with Crippen LogP contribution < -0.4 is 0 Å². The predicted octanol–water partition coefficient (Wildman–Crippen LogP) is 3.23. The maximum Gasteiger partial charge on any atom is 0.243 e. The molecule has 5 heteroatoms. The van der Waals surface area contributed by atoms with E-state index in [0.717, 1.165) is 28.5 Å². The van der Waals surface area contributed by atoms with Crippen LogP contribution >= 0.6 is 0 Å². The minimum absolute atomic E-state index is 0.381. The summed E-state index contributed by atoms with van der Waals surface area (Å²) in [5.41, 5.74) is 4.50. The van der Waals surface area contributed by atoms with Crippen LogP contribution in [-0.4, -0.2) is 23.8 Å². The standard InChI is InChI=1S/C19H20N2O2S/c1-14-6-5-7-15(12-14)24(22,23)21-11-10-19-17(13-21)16-8-3-4-9-18(16)20(19)2/h3-9,12H,10-11,13H2,1-2H3. The van der Waals surface area contributed by atoms with Crippen LogP contribution in [0.15, 0.2) is 53.4 Å². The zero-order chi connectivity index (χ0) is 16.9. The second kappa shape index (κ2) is 5.46. The highest BCUT2D eigenvalue weighted by molar-refractivity contribution is 7.89. The molecule has 1 aromatic heterocycles. The Bertz CT molecular complexity index is 1030. The first-order chi connectivity index (χ1) is 11.5. The number of fused-ring (bicyclic) bond motifs is 3. The van der Waals surface area contributed by atoms with Gasteiger partial charge >= 0.3 is 0 Å². The van der Waals surface area contributed by atoms with E-state index in [2.05, 4.69) is 23.7 Å². The van der Waals surface area contributed by atoms with Crippen LogP contribution in [0.3, 0.4) is 0 Å². The molecule has 0 saturated carbocycles. The van der Waals surface area contributed by atoms with Gasteiger partial charge in [0.15, 0.2) is 0 Å². The van der Waals surface area contributed by atoms with Gasteiger partial charge in [-0.05, 0) is 36.2 Å². The molecule has 0 bridgehead atoms. The highest BCUT2D eigenvalue weighted by Crippen LogP contribution is 2.32. The molecule has 1 aliphatic rings. The Kier molecular flexibility index (Phi) is 3.51. The van der Waals surface area contributed by atoms with Crippen molar-refractivity contribution in [1.29, 1.82) is 0 Å². The fourth-order valence-corrected chi connectivity index (χ4v) is 5.15. The molecule has 0 fully saturated rings. The number of aryl methyl sites for hydroxylation is 2. The van der Waals surface area contributed by atoms with Crippen LogP contribution in [0.5, 0.6) is 0 Å². The van der Waals surface area contributed by atoms with Gasteiger partial charge in [-0.2, -0.15) is 4.31 Å². The summed E-state index contributed by atoms with van der Waals surface area (Å²) in [7, 11) is -1.40. The third kappa shape index (κ3) is 2.27. The van der Waals surface area contributed by atoms with Gasteiger partial charge in [-0.15, -0.1) is 0 Å². The highest BCUT2D eigenvalue weighted by atomic mass is 32.2. The molecule has 0 spiro atoms. The second-order valence-corrected chi connectivity index (χ2v) is 8.34. The number of hydrogen-bond donors (Lipinski definition) is 0. The number of rotatable bonds is 2. The van der Waals surface area contributed by atoms with Crippen molar-refractivity contribution in [2.45, 2.75) is 24.8 Å². The number of benzene rings is 2. The van der Waals surface area contributed by atoms with Gasteiger partial charge in [0, 0.05) is 43.2 Å². The lowest BCUT2D eigenvalue weighted by Gasteiger charge is -2.27. The van der Waals surface area contributed by atoms with E-state index in [1.807, 2.05) is 25.1 Å². The average Bonchev–Trinajstić information content (AvgIpc) is 2.88. The molecule has 3 aromatic rings. The number of para-hydroxylation sites is 1. The Morgan fingerprint density at radius 1 is 1.04 bits per heavy atom. The fourth-order valence-electron chi connectivity index (χ4n) is 3.64. The predicted molar refractivity (Wildman–Crippen MR) is 95.4 cm³/mol. The lowest BCUT2D eigenvalue weighted by molar-refractivity contribution is 0.388. The first-order valence-corrected chi connectivity index (χ1v) is 9.54. The van der Waals surface area contributed by atoms with Crippen molar-refractivity contribution in [3.05, 3.63) is 65.4 Å². The van der Waals surface area contributed by atoms with Crippen molar-refractivity contribution in [2.24, 2.45) is 7.05 Å². The molecule has 2 heterocycles. The first-order valence-electron chi connectivity index (χ1n) is 8.10. The van der Waals surface area contributed by atoms with Gasteiger partial charge in [0.1, 0.15) is 0 Å². The molecule has 4 rings (SSSR count). The zero-order valence-corrected chi connectivity index (χ0v) is 14.7. The summed E-state index contributed by atoms with van der Waals surface area (Å²) >= 11 is 0. The van der Waals surface area contributed by atoms with Crippen molar-refractivity contribution >= 4 is 20.9 Å². The van der Waals surface area contributed by atoms with E-state index in [4.69, 9.17) is 0 Å². The van der Waals surface area contributed by atoms with E-state index in [9.17, 15) is 8.42 Å². The molecule has 0 N–H and O–H groups in total. The molecule has 0 saturated heterocycles. The van der Waals surface area contributed by atoms with Crippen LogP contribution in [0.25, 0.3) is 10.9 Å². The van der Waals surface area contributed by atoms with Gasteiger partial charge in [-0.3, -0.25) is 0 Å². The van der Waals surface area contributed by atoms with Crippen LogP contribution in [0, 0.1) is 6.92 Å². The summed E-state index contributed by atoms with van der Waals surface area (Å²) in [4.78, 5) is 0.381. The number of sulfonamides is 1. The molecular formula is C19H20N2O2S. The molecule has 124 valence electrons. The third-order valence-electron chi connectivity index (χ3n) is 4.90. The lowest BCUT2D eigenvalue weighted by Crippen LogP contribution is -2.36. The summed E-state index contributed by atoms with van der Waals surface area (Å²) in [6.07, 6.45) is 0.742. The van der Waals surface area contributed by atoms with Crippen LogP contribution in [0.1, 0.15) is 16.8 Å². The molecule has 0 aliphatic carbocycles. The van der Waals surface area contributed by atoms with E-state index in [1.165, 1.54) is 5.69 Å². The van der Waals surface area contributed by atoms with Crippen molar-refractivity contribution in [3.63, 3.8) is 0 Å². The van der Waals surface area contributed by atoms with E-state index >= 15 is 0 Å². The van der Waals surface area contributed by atoms with Gasteiger partial charge in [0.2, 0.25) is 10.0 Å². The Labute approximate surface area is 142 Å². The number of aromatic nitrogens is 1. The zero-order valence-electron chi connectivity index (χ0n) is 13.9. The molecule has 2 aromatic carbocycles. The van der Waals surface area contributed by atoms with E-state index in [1.54, 1.807) is 22.5 Å². The summed E-state index contributed by atoms with van der Waals surface area (Å²) in [6.45, 7) is 2.87. The molecule has 4 nitrogen and oxygen atoms in total. The third-order valence-corrected chi connectivity index (χ3v) is 6.74. The maximum absolute atomic E-state index is 13.0. The van der Waals surface area contributed by atoms with Crippen molar-refractivity contribution in [2.75, 3.05) is 6.54 Å². The minimum Gasteiger partial charge on any atom is -0.347 e. The van der Waals surface area contributed by atoms with Crippen molar-refractivity contribution in [3.8, 4) is 0 Å². The first kappa shape index (κ1) is 15.4.